The fraction of sp³-hybridized carbons (Fsp3) is 0.211. The highest BCUT2D eigenvalue weighted by atomic mass is 32.2. The number of benzene rings is 2. The van der Waals surface area contributed by atoms with Gasteiger partial charge in [-0.15, -0.1) is 10.2 Å². The van der Waals surface area contributed by atoms with E-state index in [4.69, 9.17) is 4.74 Å². The molecule has 0 unspecified atom stereocenters. The van der Waals surface area contributed by atoms with Crippen molar-refractivity contribution in [1.29, 1.82) is 0 Å². The fourth-order valence-electron chi connectivity index (χ4n) is 2.32. The zero-order valence-corrected chi connectivity index (χ0v) is 15.8. The molecular weight excluding hydrogens is 367 g/mol. The zero-order valence-electron chi connectivity index (χ0n) is 15.0. The quantitative estimate of drug-likeness (QED) is 0.624. The van der Waals surface area contributed by atoms with Crippen LogP contribution in [0.2, 0.25) is 0 Å². The van der Waals surface area contributed by atoms with Crippen molar-refractivity contribution in [2.45, 2.75) is 17.8 Å². The molecule has 0 fully saturated rings. The average molecular weight is 386 g/mol. The fourth-order valence-corrected chi connectivity index (χ4v) is 3.18. The molecular formula is C19H19FN4O2S. The lowest BCUT2D eigenvalue weighted by Gasteiger charge is -2.10. The summed E-state index contributed by atoms with van der Waals surface area (Å²) in [7, 11) is 1.65. The maximum absolute atomic E-state index is 13.0. The molecule has 0 atom stereocenters. The van der Waals surface area contributed by atoms with Crippen LogP contribution >= 0.6 is 11.8 Å². The summed E-state index contributed by atoms with van der Waals surface area (Å²) in [6.07, 6.45) is 0. The Morgan fingerprint density at radius 1 is 1.11 bits per heavy atom. The second-order valence-corrected chi connectivity index (χ2v) is 6.64. The summed E-state index contributed by atoms with van der Waals surface area (Å²) in [6.45, 7) is 2.51. The van der Waals surface area contributed by atoms with Crippen LogP contribution in [0.3, 0.4) is 0 Å². The van der Waals surface area contributed by atoms with E-state index < -0.39 is 0 Å². The molecule has 27 heavy (non-hydrogen) atoms. The van der Waals surface area contributed by atoms with Crippen molar-refractivity contribution >= 4 is 23.3 Å². The molecule has 8 heteroatoms. The first kappa shape index (κ1) is 18.9. The van der Waals surface area contributed by atoms with Crippen LogP contribution < -0.4 is 15.6 Å². The molecule has 1 aromatic heterocycles. The number of anilines is 2. The van der Waals surface area contributed by atoms with Gasteiger partial charge in [0.15, 0.2) is 5.16 Å². The Morgan fingerprint density at radius 3 is 2.48 bits per heavy atom. The molecule has 0 bridgehead atoms. The van der Waals surface area contributed by atoms with Gasteiger partial charge in [-0.05, 0) is 48.9 Å². The van der Waals surface area contributed by atoms with Crippen LogP contribution in [-0.4, -0.2) is 21.4 Å². The molecule has 3 aromatic rings. The highest BCUT2D eigenvalue weighted by Crippen LogP contribution is 2.21. The van der Waals surface area contributed by atoms with Crippen molar-refractivity contribution in [2.24, 2.45) is 7.05 Å². The molecule has 2 aromatic carbocycles. The van der Waals surface area contributed by atoms with Gasteiger partial charge < -0.3 is 10.1 Å². The Labute approximate surface area is 160 Å². The number of ether oxygens (including phenoxy) is 1. The molecule has 1 N–H and O–H groups in total. The van der Waals surface area contributed by atoms with Crippen molar-refractivity contribution in [3.05, 3.63) is 70.3 Å². The molecule has 0 amide bonds. The Bertz CT molecular complexity index is 959. The molecule has 0 spiro atoms. The number of rotatable bonds is 7. The Kier molecular flexibility index (Phi) is 6.08. The number of hydrogen-bond donors (Lipinski definition) is 1. The van der Waals surface area contributed by atoms with E-state index in [1.165, 1.54) is 28.5 Å². The van der Waals surface area contributed by atoms with Gasteiger partial charge in [0.1, 0.15) is 11.6 Å². The van der Waals surface area contributed by atoms with Crippen LogP contribution in [0.4, 0.5) is 15.9 Å². The average Bonchev–Trinajstić information content (AvgIpc) is 2.68. The van der Waals surface area contributed by atoms with Gasteiger partial charge in [-0.1, -0.05) is 23.9 Å². The minimum Gasteiger partial charge on any atom is -0.494 e. The molecule has 0 saturated heterocycles. The molecule has 0 aliphatic heterocycles. The van der Waals surface area contributed by atoms with Crippen LogP contribution in [0.25, 0.3) is 0 Å². The number of aromatic nitrogens is 3. The largest absolute Gasteiger partial charge is 0.494 e. The van der Waals surface area contributed by atoms with Gasteiger partial charge in [0.2, 0.25) is 5.82 Å². The van der Waals surface area contributed by atoms with E-state index in [-0.39, 0.29) is 17.2 Å². The summed E-state index contributed by atoms with van der Waals surface area (Å²) in [4.78, 5) is 12.5. The van der Waals surface area contributed by atoms with Crippen LogP contribution in [-0.2, 0) is 12.8 Å². The van der Waals surface area contributed by atoms with Crippen molar-refractivity contribution in [3.8, 4) is 5.75 Å². The predicted molar refractivity (Wildman–Crippen MR) is 104 cm³/mol. The van der Waals surface area contributed by atoms with Gasteiger partial charge in [-0.2, -0.15) is 0 Å². The number of hydrogen-bond acceptors (Lipinski definition) is 6. The summed E-state index contributed by atoms with van der Waals surface area (Å²) in [5.41, 5.74) is 1.38. The van der Waals surface area contributed by atoms with Gasteiger partial charge in [0.05, 0.1) is 6.61 Å². The first-order valence-corrected chi connectivity index (χ1v) is 9.36. The Morgan fingerprint density at radius 2 is 1.81 bits per heavy atom. The van der Waals surface area contributed by atoms with Crippen LogP contribution in [0, 0.1) is 5.82 Å². The molecule has 0 aliphatic rings. The van der Waals surface area contributed by atoms with Crippen LogP contribution in [0.1, 0.15) is 12.5 Å². The molecule has 0 aliphatic carbocycles. The highest BCUT2D eigenvalue weighted by molar-refractivity contribution is 7.98. The summed E-state index contributed by atoms with van der Waals surface area (Å²) in [5.74, 6) is 1.19. The van der Waals surface area contributed by atoms with E-state index >= 15 is 0 Å². The molecule has 6 nitrogen and oxygen atoms in total. The Hall–Kier alpha value is -2.87. The minimum atomic E-state index is -0.277. The van der Waals surface area contributed by atoms with Crippen molar-refractivity contribution < 1.29 is 9.13 Å². The van der Waals surface area contributed by atoms with E-state index in [1.807, 2.05) is 31.2 Å². The monoisotopic (exact) mass is 386 g/mol. The van der Waals surface area contributed by atoms with Crippen molar-refractivity contribution in [2.75, 3.05) is 11.9 Å². The van der Waals surface area contributed by atoms with E-state index in [1.54, 1.807) is 19.2 Å². The van der Waals surface area contributed by atoms with E-state index in [2.05, 4.69) is 15.5 Å². The number of thioether (sulfide) groups is 1. The number of nitrogens with zero attached hydrogens (tertiary/aromatic N) is 3. The number of halogens is 1. The SMILES string of the molecule is CCOc1ccc(Nc2nnc(SCc3ccc(F)cc3)n(C)c2=O)cc1. The van der Waals surface area contributed by atoms with Gasteiger partial charge in [-0.3, -0.25) is 9.36 Å². The van der Waals surface area contributed by atoms with E-state index in [0.717, 1.165) is 17.0 Å². The highest BCUT2D eigenvalue weighted by Gasteiger charge is 2.10. The molecule has 3 rings (SSSR count). The second-order valence-electron chi connectivity index (χ2n) is 5.69. The summed E-state index contributed by atoms with van der Waals surface area (Å²) < 4.78 is 19.8. The first-order valence-electron chi connectivity index (χ1n) is 8.37. The topological polar surface area (TPSA) is 69.0 Å². The Balaban J connectivity index is 1.70. The van der Waals surface area contributed by atoms with Gasteiger partial charge in [0.25, 0.3) is 5.56 Å². The van der Waals surface area contributed by atoms with Crippen molar-refractivity contribution in [3.63, 3.8) is 0 Å². The lowest BCUT2D eigenvalue weighted by molar-refractivity contribution is 0.340. The van der Waals surface area contributed by atoms with E-state index in [9.17, 15) is 9.18 Å². The van der Waals surface area contributed by atoms with Crippen LogP contribution in [0.15, 0.2) is 58.5 Å². The lowest BCUT2D eigenvalue weighted by atomic mass is 10.2. The van der Waals surface area contributed by atoms with Crippen molar-refractivity contribution in [1.82, 2.24) is 14.8 Å². The molecule has 0 saturated carbocycles. The molecule has 1 heterocycles. The maximum Gasteiger partial charge on any atom is 0.297 e. The summed E-state index contributed by atoms with van der Waals surface area (Å²) >= 11 is 1.37. The van der Waals surface area contributed by atoms with E-state index in [0.29, 0.717) is 17.5 Å². The first-order chi connectivity index (χ1) is 13.1. The predicted octanol–water partition coefficient (Wildman–Crippen LogP) is 3.75. The minimum absolute atomic E-state index is 0.146. The molecule has 0 radical (unpaired) electrons. The maximum atomic E-state index is 13.0. The summed E-state index contributed by atoms with van der Waals surface area (Å²) in [6, 6.07) is 13.5. The third kappa shape index (κ3) is 4.85. The smallest absolute Gasteiger partial charge is 0.297 e. The van der Waals surface area contributed by atoms with Crippen LogP contribution in [0.5, 0.6) is 5.75 Å². The normalized spacial score (nSPS) is 10.6. The van der Waals surface area contributed by atoms with Gasteiger partial charge in [0, 0.05) is 18.5 Å². The summed E-state index contributed by atoms with van der Waals surface area (Å²) in [5, 5.41) is 11.6. The lowest BCUT2D eigenvalue weighted by Crippen LogP contribution is -2.24. The molecule has 140 valence electrons. The third-order valence-corrected chi connectivity index (χ3v) is 4.83. The zero-order chi connectivity index (χ0) is 19.2. The van der Waals surface area contributed by atoms with Gasteiger partial charge >= 0.3 is 0 Å². The third-order valence-electron chi connectivity index (χ3n) is 3.74. The second kappa shape index (κ2) is 8.68. The standard InChI is InChI=1S/C19H19FN4O2S/c1-3-26-16-10-8-15(9-11-16)21-17-18(25)24(2)19(23-22-17)27-12-13-4-6-14(20)7-5-13/h4-11H,3,12H2,1-2H3,(H,21,22). The van der Waals surface area contributed by atoms with Gasteiger partial charge in [-0.25, -0.2) is 4.39 Å². The number of nitrogens with one attached hydrogen (secondary N) is 1.